The summed E-state index contributed by atoms with van der Waals surface area (Å²) < 4.78 is 4.81. The first-order valence-electron chi connectivity index (χ1n) is 12.4. The van der Waals surface area contributed by atoms with Crippen molar-refractivity contribution in [2.24, 2.45) is 5.92 Å². The van der Waals surface area contributed by atoms with Crippen molar-refractivity contribution in [1.29, 1.82) is 0 Å². The number of methoxy groups -OCH3 is 1. The highest BCUT2D eigenvalue weighted by atomic mass is 16.5. The number of carbonyl (C=O) groups excluding carboxylic acids is 3. The molecule has 1 aliphatic heterocycles. The third-order valence-electron chi connectivity index (χ3n) is 6.68. The molecule has 10 nitrogen and oxygen atoms in total. The lowest BCUT2D eigenvalue weighted by atomic mass is 10.0. The molecule has 2 aromatic rings. The fourth-order valence-corrected chi connectivity index (χ4v) is 4.36. The average Bonchev–Trinajstić information content (AvgIpc) is 3.74. The molecule has 1 unspecified atom stereocenters. The molecule has 4 rings (SSSR count). The molecular weight excluding hydrogens is 476 g/mol. The number of aryl methyl sites for hydroxylation is 1. The zero-order valence-electron chi connectivity index (χ0n) is 21.0. The van der Waals surface area contributed by atoms with Crippen LogP contribution in [0.4, 0.5) is 16.2 Å². The topological polar surface area (TPSA) is 128 Å². The SMILES string of the molecule is COC(=O)N1CCN(c2ccc(C(=O)NC(CC(=O)O)c3ccc(C)cc3)cc2NC(=O)C2CC2)CC1. The van der Waals surface area contributed by atoms with Gasteiger partial charge in [-0.05, 0) is 43.5 Å². The van der Waals surface area contributed by atoms with Crippen molar-refractivity contribution >= 4 is 35.3 Å². The maximum atomic E-state index is 13.2. The summed E-state index contributed by atoms with van der Waals surface area (Å²) in [4.78, 5) is 52.8. The van der Waals surface area contributed by atoms with Gasteiger partial charge in [-0.15, -0.1) is 0 Å². The molecule has 10 heteroatoms. The Kier molecular flexibility index (Phi) is 7.95. The van der Waals surface area contributed by atoms with Crippen LogP contribution in [-0.2, 0) is 14.3 Å². The number of rotatable bonds is 8. The molecule has 0 spiro atoms. The van der Waals surface area contributed by atoms with Gasteiger partial charge in [0, 0.05) is 37.7 Å². The fourth-order valence-electron chi connectivity index (χ4n) is 4.36. The highest BCUT2D eigenvalue weighted by Crippen LogP contribution is 2.34. The molecule has 3 amide bonds. The molecule has 0 aromatic heterocycles. The molecule has 2 aliphatic rings. The van der Waals surface area contributed by atoms with Crippen molar-refractivity contribution in [3.8, 4) is 0 Å². The van der Waals surface area contributed by atoms with E-state index < -0.39 is 17.9 Å². The number of hydrogen-bond donors (Lipinski definition) is 3. The molecule has 1 aliphatic carbocycles. The number of carboxylic acid groups (broad SMARTS) is 1. The number of piperazine rings is 1. The molecule has 0 bridgehead atoms. The number of anilines is 2. The minimum absolute atomic E-state index is 0.0250. The van der Waals surface area contributed by atoms with Crippen LogP contribution < -0.4 is 15.5 Å². The standard InChI is InChI=1S/C27H32N4O6/c1-17-3-5-18(6-4-17)21(16-24(32)33)28-26(35)20-9-10-23(22(15-20)29-25(34)19-7-8-19)30-11-13-31(14-12-30)27(36)37-2/h3-6,9-10,15,19,21H,7-8,11-14,16H2,1-2H3,(H,28,35)(H,29,34)(H,32,33). The minimum atomic E-state index is -1.02. The van der Waals surface area contributed by atoms with Gasteiger partial charge in [0.05, 0.1) is 30.9 Å². The van der Waals surface area contributed by atoms with E-state index in [0.717, 1.165) is 24.1 Å². The normalized spacial score (nSPS) is 16.1. The summed E-state index contributed by atoms with van der Waals surface area (Å²) >= 11 is 0. The first kappa shape index (κ1) is 26.0. The monoisotopic (exact) mass is 508 g/mol. The van der Waals surface area contributed by atoms with Crippen LogP contribution in [0.5, 0.6) is 0 Å². The molecule has 2 fully saturated rings. The third kappa shape index (κ3) is 6.58. The summed E-state index contributed by atoms with van der Waals surface area (Å²) in [6.07, 6.45) is 1.04. The summed E-state index contributed by atoms with van der Waals surface area (Å²) in [6.45, 7) is 3.96. The average molecular weight is 509 g/mol. The number of aliphatic carboxylic acids is 1. The first-order chi connectivity index (χ1) is 17.7. The van der Waals surface area contributed by atoms with Crippen molar-refractivity contribution in [3.63, 3.8) is 0 Å². The second-order valence-corrected chi connectivity index (χ2v) is 9.47. The minimum Gasteiger partial charge on any atom is -0.481 e. The van der Waals surface area contributed by atoms with E-state index in [0.29, 0.717) is 43.0 Å². The quantitative estimate of drug-likeness (QED) is 0.500. The number of nitrogens with one attached hydrogen (secondary N) is 2. The molecule has 196 valence electrons. The van der Waals surface area contributed by atoms with Crippen LogP contribution in [0.1, 0.15) is 46.8 Å². The molecule has 0 radical (unpaired) electrons. The zero-order chi connectivity index (χ0) is 26.5. The van der Waals surface area contributed by atoms with E-state index in [4.69, 9.17) is 4.74 Å². The maximum absolute atomic E-state index is 13.2. The Morgan fingerprint density at radius 3 is 2.30 bits per heavy atom. The van der Waals surface area contributed by atoms with Gasteiger partial charge in [0.2, 0.25) is 5.91 Å². The van der Waals surface area contributed by atoms with Crippen LogP contribution in [-0.4, -0.2) is 67.2 Å². The summed E-state index contributed by atoms with van der Waals surface area (Å²) in [5.74, 6) is -1.57. The number of benzene rings is 2. The number of carboxylic acids is 1. The Morgan fingerprint density at radius 1 is 1.03 bits per heavy atom. The summed E-state index contributed by atoms with van der Waals surface area (Å²) in [5, 5.41) is 15.2. The highest BCUT2D eigenvalue weighted by molar-refractivity contribution is 6.01. The van der Waals surface area contributed by atoms with E-state index in [2.05, 4.69) is 15.5 Å². The van der Waals surface area contributed by atoms with Crippen molar-refractivity contribution < 1.29 is 29.0 Å². The smallest absolute Gasteiger partial charge is 0.409 e. The molecule has 3 N–H and O–H groups in total. The van der Waals surface area contributed by atoms with Crippen molar-refractivity contribution in [2.75, 3.05) is 43.5 Å². The van der Waals surface area contributed by atoms with E-state index in [1.807, 2.05) is 31.2 Å². The summed E-state index contributed by atoms with van der Waals surface area (Å²) in [7, 11) is 1.35. The van der Waals surface area contributed by atoms with Gasteiger partial charge in [-0.25, -0.2) is 4.79 Å². The van der Waals surface area contributed by atoms with Crippen LogP contribution >= 0.6 is 0 Å². The Bertz CT molecular complexity index is 1170. The lowest BCUT2D eigenvalue weighted by Gasteiger charge is -2.36. The Balaban J connectivity index is 1.55. The number of amides is 3. The lowest BCUT2D eigenvalue weighted by Crippen LogP contribution is -2.49. The molecular formula is C27H32N4O6. The maximum Gasteiger partial charge on any atom is 0.409 e. The van der Waals surface area contributed by atoms with E-state index in [1.165, 1.54) is 7.11 Å². The Labute approximate surface area is 215 Å². The van der Waals surface area contributed by atoms with Crippen molar-refractivity contribution in [2.45, 2.75) is 32.2 Å². The van der Waals surface area contributed by atoms with Gasteiger partial charge in [-0.1, -0.05) is 29.8 Å². The first-order valence-corrected chi connectivity index (χ1v) is 12.4. The predicted molar refractivity (Wildman–Crippen MR) is 138 cm³/mol. The van der Waals surface area contributed by atoms with Gasteiger partial charge in [-0.2, -0.15) is 0 Å². The van der Waals surface area contributed by atoms with E-state index in [9.17, 15) is 24.3 Å². The second kappa shape index (κ2) is 11.3. The van der Waals surface area contributed by atoms with Crippen molar-refractivity contribution in [1.82, 2.24) is 10.2 Å². The number of nitrogens with zero attached hydrogens (tertiary/aromatic N) is 2. The number of ether oxygens (including phenoxy) is 1. The summed E-state index contributed by atoms with van der Waals surface area (Å²) in [6, 6.07) is 11.7. The Hall–Kier alpha value is -4.08. The fraction of sp³-hybridized carbons (Fsp3) is 0.407. The van der Waals surface area contributed by atoms with Gasteiger partial charge in [0.1, 0.15) is 0 Å². The predicted octanol–water partition coefficient (Wildman–Crippen LogP) is 3.18. The third-order valence-corrected chi connectivity index (χ3v) is 6.68. The molecule has 1 heterocycles. The molecule has 2 aromatic carbocycles. The van der Waals surface area contributed by atoms with Gasteiger partial charge in [-0.3, -0.25) is 14.4 Å². The highest BCUT2D eigenvalue weighted by Gasteiger charge is 2.31. The molecule has 1 saturated heterocycles. The molecule has 1 saturated carbocycles. The van der Waals surface area contributed by atoms with E-state index in [1.54, 1.807) is 23.1 Å². The van der Waals surface area contributed by atoms with Gasteiger partial charge in [0.15, 0.2) is 0 Å². The number of carbonyl (C=O) groups is 4. The van der Waals surface area contributed by atoms with Crippen molar-refractivity contribution in [3.05, 3.63) is 59.2 Å². The van der Waals surface area contributed by atoms with Crippen LogP contribution in [0.25, 0.3) is 0 Å². The largest absolute Gasteiger partial charge is 0.481 e. The van der Waals surface area contributed by atoms with Gasteiger partial charge >= 0.3 is 12.1 Å². The molecule has 37 heavy (non-hydrogen) atoms. The van der Waals surface area contributed by atoms with E-state index >= 15 is 0 Å². The second-order valence-electron chi connectivity index (χ2n) is 9.47. The Morgan fingerprint density at radius 2 is 1.70 bits per heavy atom. The summed E-state index contributed by atoms with van der Waals surface area (Å²) in [5.41, 5.74) is 3.31. The van der Waals surface area contributed by atoms with Crippen LogP contribution in [0.2, 0.25) is 0 Å². The number of hydrogen-bond acceptors (Lipinski definition) is 6. The van der Waals surface area contributed by atoms with Gasteiger partial charge < -0.3 is 30.3 Å². The van der Waals surface area contributed by atoms with E-state index in [-0.39, 0.29) is 24.3 Å². The van der Waals surface area contributed by atoms with Crippen LogP contribution in [0.3, 0.4) is 0 Å². The van der Waals surface area contributed by atoms with Crippen LogP contribution in [0, 0.1) is 12.8 Å². The van der Waals surface area contributed by atoms with Gasteiger partial charge in [0.25, 0.3) is 5.91 Å². The lowest BCUT2D eigenvalue weighted by molar-refractivity contribution is -0.137. The zero-order valence-corrected chi connectivity index (χ0v) is 21.0. The van der Waals surface area contributed by atoms with Crippen LogP contribution in [0.15, 0.2) is 42.5 Å². The molecule has 1 atom stereocenters.